The van der Waals surface area contributed by atoms with E-state index in [4.69, 9.17) is 10.5 Å². The van der Waals surface area contributed by atoms with Gasteiger partial charge in [-0.25, -0.2) is 0 Å². The van der Waals surface area contributed by atoms with Crippen molar-refractivity contribution in [2.75, 3.05) is 32.5 Å². The molecule has 1 aliphatic rings. The van der Waals surface area contributed by atoms with Crippen molar-refractivity contribution >= 4 is 11.6 Å². The minimum absolute atomic E-state index is 0.0518. The van der Waals surface area contributed by atoms with Gasteiger partial charge in [0, 0.05) is 11.7 Å². The average Bonchev–Trinajstić information content (AvgIpc) is 2.41. The van der Waals surface area contributed by atoms with Crippen molar-refractivity contribution in [2.24, 2.45) is 0 Å². The summed E-state index contributed by atoms with van der Waals surface area (Å²) in [6, 6.07) is 7.31. The molecule has 0 aromatic heterocycles. The Kier molecular flexibility index (Phi) is 4.63. The quantitative estimate of drug-likeness (QED) is 0.791. The SMILES string of the molecule is CN1CCC(NC(=O)COc2ccc(N)cc2)CC1. The standard InChI is InChI=1S/C14H21N3O2/c1-17-8-6-12(7-9-17)16-14(18)10-19-13-4-2-11(15)3-5-13/h2-5,12H,6-10,15H2,1H3,(H,16,18). The van der Waals surface area contributed by atoms with E-state index in [0.717, 1.165) is 25.9 Å². The third kappa shape index (κ3) is 4.44. The third-order valence-corrected chi connectivity index (χ3v) is 3.33. The second-order valence-electron chi connectivity index (χ2n) is 5.00. The summed E-state index contributed by atoms with van der Waals surface area (Å²) in [5, 5.41) is 3.01. The Morgan fingerprint density at radius 2 is 2.00 bits per heavy atom. The van der Waals surface area contributed by atoms with Crippen molar-refractivity contribution in [1.82, 2.24) is 10.2 Å². The van der Waals surface area contributed by atoms with Crippen LogP contribution < -0.4 is 15.8 Å². The number of anilines is 1. The van der Waals surface area contributed by atoms with Crippen molar-refractivity contribution in [2.45, 2.75) is 18.9 Å². The molecule has 0 atom stereocenters. The van der Waals surface area contributed by atoms with Gasteiger partial charge in [-0.2, -0.15) is 0 Å². The Morgan fingerprint density at radius 3 is 2.63 bits per heavy atom. The summed E-state index contributed by atoms with van der Waals surface area (Å²) < 4.78 is 5.41. The second kappa shape index (κ2) is 6.43. The van der Waals surface area contributed by atoms with E-state index >= 15 is 0 Å². The summed E-state index contributed by atoms with van der Waals surface area (Å²) in [6.07, 6.45) is 2.01. The molecule has 5 heteroatoms. The van der Waals surface area contributed by atoms with Crippen LogP contribution >= 0.6 is 0 Å². The molecule has 19 heavy (non-hydrogen) atoms. The van der Waals surface area contributed by atoms with Gasteiger partial charge in [-0.05, 0) is 57.2 Å². The monoisotopic (exact) mass is 263 g/mol. The van der Waals surface area contributed by atoms with Crippen molar-refractivity contribution in [1.29, 1.82) is 0 Å². The lowest BCUT2D eigenvalue weighted by molar-refractivity contribution is -0.124. The number of ether oxygens (including phenoxy) is 1. The van der Waals surface area contributed by atoms with Gasteiger partial charge < -0.3 is 20.7 Å². The van der Waals surface area contributed by atoms with Gasteiger partial charge in [0.05, 0.1) is 0 Å². The fourth-order valence-corrected chi connectivity index (χ4v) is 2.14. The Bertz CT molecular complexity index is 411. The van der Waals surface area contributed by atoms with Crippen molar-refractivity contribution < 1.29 is 9.53 Å². The number of nitrogen functional groups attached to an aromatic ring is 1. The van der Waals surface area contributed by atoms with Gasteiger partial charge in [-0.15, -0.1) is 0 Å². The first kappa shape index (κ1) is 13.7. The van der Waals surface area contributed by atoms with Crippen LogP contribution in [0.3, 0.4) is 0 Å². The number of amides is 1. The molecule has 3 N–H and O–H groups in total. The zero-order valence-electron chi connectivity index (χ0n) is 11.3. The zero-order valence-corrected chi connectivity index (χ0v) is 11.3. The molecule has 5 nitrogen and oxygen atoms in total. The van der Waals surface area contributed by atoms with Crippen LogP contribution in [0, 0.1) is 0 Å². The van der Waals surface area contributed by atoms with Crippen LogP contribution in [0.25, 0.3) is 0 Å². The first-order valence-electron chi connectivity index (χ1n) is 6.60. The van der Waals surface area contributed by atoms with Gasteiger partial charge in [0.2, 0.25) is 0 Å². The number of benzene rings is 1. The molecule has 0 radical (unpaired) electrons. The number of nitrogens with two attached hydrogens (primary N) is 1. The number of nitrogens with zero attached hydrogens (tertiary/aromatic N) is 1. The van der Waals surface area contributed by atoms with E-state index < -0.39 is 0 Å². The first-order valence-corrected chi connectivity index (χ1v) is 6.60. The molecule has 2 rings (SSSR count). The lowest BCUT2D eigenvalue weighted by Crippen LogP contribution is -2.44. The molecule has 1 aromatic rings. The highest BCUT2D eigenvalue weighted by Gasteiger charge is 2.18. The second-order valence-corrected chi connectivity index (χ2v) is 5.00. The number of carbonyl (C=O) groups excluding carboxylic acids is 1. The fourth-order valence-electron chi connectivity index (χ4n) is 2.14. The number of nitrogens with one attached hydrogen (secondary N) is 1. The van der Waals surface area contributed by atoms with Crippen molar-refractivity contribution in [3.8, 4) is 5.75 Å². The minimum atomic E-state index is -0.0635. The average molecular weight is 263 g/mol. The van der Waals surface area contributed by atoms with Gasteiger partial charge in [0.25, 0.3) is 5.91 Å². The maximum Gasteiger partial charge on any atom is 0.258 e. The molecule has 0 spiro atoms. The molecule has 104 valence electrons. The van der Waals surface area contributed by atoms with Gasteiger partial charge in [-0.3, -0.25) is 4.79 Å². The predicted molar refractivity (Wildman–Crippen MR) is 75.0 cm³/mol. The summed E-state index contributed by atoms with van der Waals surface area (Å²) in [6.45, 7) is 2.11. The summed E-state index contributed by atoms with van der Waals surface area (Å²) in [7, 11) is 2.10. The molecule has 1 aromatic carbocycles. The molecule has 1 fully saturated rings. The lowest BCUT2D eigenvalue weighted by atomic mass is 10.1. The Morgan fingerprint density at radius 1 is 1.37 bits per heavy atom. The van der Waals surface area contributed by atoms with Crippen molar-refractivity contribution in [3.63, 3.8) is 0 Å². The van der Waals surface area contributed by atoms with Crippen LogP contribution in [0.5, 0.6) is 5.75 Å². The highest BCUT2D eigenvalue weighted by Crippen LogP contribution is 2.13. The smallest absolute Gasteiger partial charge is 0.258 e. The van der Waals surface area contributed by atoms with Gasteiger partial charge in [0.15, 0.2) is 6.61 Å². The number of rotatable bonds is 4. The number of likely N-dealkylation sites (tertiary alicyclic amines) is 1. The maximum absolute atomic E-state index is 11.8. The van der Waals surface area contributed by atoms with Gasteiger partial charge in [-0.1, -0.05) is 0 Å². The highest BCUT2D eigenvalue weighted by molar-refractivity contribution is 5.77. The van der Waals surface area contributed by atoms with Gasteiger partial charge in [0.1, 0.15) is 5.75 Å². The maximum atomic E-state index is 11.8. The summed E-state index contributed by atoms with van der Waals surface area (Å²) in [4.78, 5) is 14.0. The largest absolute Gasteiger partial charge is 0.484 e. The van der Waals surface area contributed by atoms with E-state index in [1.54, 1.807) is 24.3 Å². The van der Waals surface area contributed by atoms with Crippen LogP contribution in [-0.2, 0) is 4.79 Å². The first-order chi connectivity index (χ1) is 9.13. The van der Waals surface area contributed by atoms with E-state index in [9.17, 15) is 4.79 Å². The Labute approximate surface area is 113 Å². The Hall–Kier alpha value is -1.75. The fraction of sp³-hybridized carbons (Fsp3) is 0.500. The van der Waals surface area contributed by atoms with Crippen LogP contribution in [0.1, 0.15) is 12.8 Å². The summed E-state index contributed by atoms with van der Waals surface area (Å²) in [5.41, 5.74) is 6.26. The van der Waals surface area contributed by atoms with Gasteiger partial charge >= 0.3 is 0 Å². The van der Waals surface area contributed by atoms with E-state index in [1.807, 2.05) is 0 Å². The number of piperidine rings is 1. The van der Waals surface area contributed by atoms with E-state index in [-0.39, 0.29) is 18.6 Å². The molecule has 1 aliphatic heterocycles. The molecular formula is C14H21N3O2. The van der Waals surface area contributed by atoms with E-state index in [1.165, 1.54) is 0 Å². The van der Waals surface area contributed by atoms with Crippen LogP contribution in [0.2, 0.25) is 0 Å². The topological polar surface area (TPSA) is 67.6 Å². The van der Waals surface area contributed by atoms with E-state index in [0.29, 0.717) is 11.4 Å². The van der Waals surface area contributed by atoms with E-state index in [2.05, 4.69) is 17.3 Å². The molecular weight excluding hydrogens is 242 g/mol. The number of carbonyl (C=O) groups is 1. The summed E-state index contributed by atoms with van der Waals surface area (Å²) >= 11 is 0. The third-order valence-electron chi connectivity index (χ3n) is 3.33. The molecule has 0 aliphatic carbocycles. The Balaban J connectivity index is 1.71. The molecule has 0 saturated carbocycles. The number of hydrogen-bond donors (Lipinski definition) is 2. The predicted octanol–water partition coefficient (Wildman–Crippen LogP) is 0.858. The molecule has 0 unspecified atom stereocenters. The molecule has 1 amide bonds. The molecule has 1 saturated heterocycles. The summed E-state index contributed by atoms with van der Waals surface area (Å²) in [5.74, 6) is 0.596. The molecule has 1 heterocycles. The minimum Gasteiger partial charge on any atom is -0.484 e. The number of hydrogen-bond acceptors (Lipinski definition) is 4. The van der Waals surface area contributed by atoms with Crippen LogP contribution in [-0.4, -0.2) is 43.6 Å². The molecule has 0 bridgehead atoms. The van der Waals surface area contributed by atoms with Crippen molar-refractivity contribution in [3.05, 3.63) is 24.3 Å². The lowest BCUT2D eigenvalue weighted by Gasteiger charge is -2.29. The zero-order chi connectivity index (χ0) is 13.7. The highest BCUT2D eigenvalue weighted by atomic mass is 16.5. The van der Waals surface area contributed by atoms with Crippen LogP contribution in [0.4, 0.5) is 5.69 Å². The normalized spacial score (nSPS) is 17.1. The van der Waals surface area contributed by atoms with Crippen LogP contribution in [0.15, 0.2) is 24.3 Å².